The third kappa shape index (κ3) is 6.87. The maximum absolute atomic E-state index is 12.6. The lowest BCUT2D eigenvalue weighted by Crippen LogP contribution is -2.13. The molecule has 0 saturated carbocycles. The number of benzene rings is 3. The van der Waals surface area contributed by atoms with Crippen molar-refractivity contribution < 1.29 is 23.7 Å². The van der Waals surface area contributed by atoms with Gasteiger partial charge in [0.25, 0.3) is 5.91 Å². The van der Waals surface area contributed by atoms with Crippen LogP contribution in [0.1, 0.15) is 15.9 Å². The number of nitrogens with two attached hydrogens (primary N) is 1. The summed E-state index contributed by atoms with van der Waals surface area (Å²) in [7, 11) is 3.24. The van der Waals surface area contributed by atoms with Gasteiger partial charge in [-0.05, 0) is 35.9 Å². The van der Waals surface area contributed by atoms with E-state index in [1.54, 1.807) is 38.5 Å². The van der Waals surface area contributed by atoms with E-state index in [-0.39, 0.29) is 5.91 Å². The van der Waals surface area contributed by atoms with Gasteiger partial charge in [-0.2, -0.15) is 0 Å². The van der Waals surface area contributed by atoms with E-state index in [4.69, 9.17) is 24.7 Å². The number of nitrogens with one attached hydrogen (secondary N) is 2. The normalized spacial score (nSPS) is 10.8. The number of amides is 1. The number of carbonyl (C=O) groups excluding carboxylic acids is 1. The van der Waals surface area contributed by atoms with Crippen LogP contribution in [0.2, 0.25) is 0 Å². The molecule has 0 aliphatic rings. The second-order valence-corrected chi connectivity index (χ2v) is 8.31. The monoisotopic (exact) mass is 517 g/mol. The molecule has 4 rings (SSSR count). The molecule has 3 aromatic carbocycles. The third-order valence-electron chi connectivity index (χ3n) is 5.68. The fourth-order valence-electron chi connectivity index (χ4n) is 3.67. The molecule has 0 saturated heterocycles. The second kappa shape index (κ2) is 13.2. The maximum Gasteiger partial charge on any atom is 0.255 e. The van der Waals surface area contributed by atoms with Gasteiger partial charge in [0, 0.05) is 37.8 Å². The van der Waals surface area contributed by atoms with Crippen molar-refractivity contribution in [3.63, 3.8) is 0 Å². The quantitative estimate of drug-likeness (QED) is 0.177. The highest BCUT2D eigenvalue weighted by Gasteiger charge is 2.13. The predicted octanol–water partition coefficient (Wildman–Crippen LogP) is 4.13. The Labute approximate surface area is 221 Å². The standard InChI is InChI=1S/C28H31N5O5/c1-35-11-13-37-25-15-21-24(16-26(25)38-14-12-36-2)31-18-32-27(21)30-17-19-7-9-20(10-8-19)28(34)33-23-6-4-3-5-22(23)29/h3-10,15-16,18H,11-14,17,29H2,1-2H3,(H,33,34)(H,30,31,32). The number of methoxy groups -OCH3 is 2. The van der Waals surface area contributed by atoms with E-state index in [1.807, 2.05) is 36.4 Å². The Kier molecular flexibility index (Phi) is 9.27. The molecule has 0 radical (unpaired) electrons. The molecule has 0 aliphatic heterocycles. The van der Waals surface area contributed by atoms with E-state index < -0.39 is 0 Å². The average Bonchev–Trinajstić information content (AvgIpc) is 2.94. The minimum absolute atomic E-state index is 0.228. The molecule has 4 N–H and O–H groups in total. The Hall–Kier alpha value is -4.41. The summed E-state index contributed by atoms with van der Waals surface area (Å²) in [5.41, 5.74) is 9.23. The summed E-state index contributed by atoms with van der Waals surface area (Å²) in [6, 6.07) is 18.2. The molecule has 0 aliphatic carbocycles. The Morgan fingerprint density at radius 1 is 0.868 bits per heavy atom. The van der Waals surface area contributed by atoms with Gasteiger partial charge in [0.15, 0.2) is 11.5 Å². The number of rotatable bonds is 13. The first kappa shape index (κ1) is 26.6. The number of aromatic nitrogens is 2. The molecule has 0 bridgehead atoms. The van der Waals surface area contributed by atoms with Crippen LogP contribution in [0.15, 0.2) is 67.0 Å². The van der Waals surface area contributed by atoms with Gasteiger partial charge < -0.3 is 35.3 Å². The van der Waals surface area contributed by atoms with Gasteiger partial charge in [0.2, 0.25) is 0 Å². The lowest BCUT2D eigenvalue weighted by Gasteiger charge is -2.15. The highest BCUT2D eigenvalue weighted by atomic mass is 16.5. The average molecular weight is 518 g/mol. The number of hydrogen-bond donors (Lipinski definition) is 3. The first-order valence-corrected chi connectivity index (χ1v) is 12.1. The number of hydrogen-bond acceptors (Lipinski definition) is 9. The molecule has 198 valence electrons. The van der Waals surface area contributed by atoms with Crippen molar-refractivity contribution in [3.05, 3.63) is 78.1 Å². The Morgan fingerprint density at radius 3 is 2.24 bits per heavy atom. The fraction of sp³-hybridized carbons (Fsp3) is 0.250. The molecule has 0 spiro atoms. The van der Waals surface area contributed by atoms with Crippen LogP contribution in [0.3, 0.4) is 0 Å². The molecule has 10 nitrogen and oxygen atoms in total. The fourth-order valence-corrected chi connectivity index (χ4v) is 3.67. The van der Waals surface area contributed by atoms with Crippen LogP contribution in [0, 0.1) is 0 Å². The molecule has 1 aromatic heterocycles. The van der Waals surface area contributed by atoms with Crippen LogP contribution >= 0.6 is 0 Å². The molecular weight excluding hydrogens is 486 g/mol. The van der Waals surface area contributed by atoms with Crippen molar-refractivity contribution >= 4 is 34.0 Å². The summed E-state index contributed by atoms with van der Waals surface area (Å²) in [6.07, 6.45) is 1.50. The van der Waals surface area contributed by atoms with Crippen LogP contribution < -0.4 is 25.8 Å². The van der Waals surface area contributed by atoms with Crippen molar-refractivity contribution in [2.24, 2.45) is 0 Å². The largest absolute Gasteiger partial charge is 0.487 e. The Bertz CT molecular complexity index is 1360. The minimum Gasteiger partial charge on any atom is -0.487 e. The molecule has 4 aromatic rings. The number of para-hydroxylation sites is 2. The molecule has 0 unspecified atom stereocenters. The van der Waals surface area contributed by atoms with Gasteiger partial charge >= 0.3 is 0 Å². The SMILES string of the molecule is COCCOc1cc2ncnc(NCc3ccc(C(=O)Nc4ccccc4N)cc3)c2cc1OCCOC. The summed E-state index contributed by atoms with van der Waals surface area (Å²) >= 11 is 0. The van der Waals surface area contributed by atoms with Crippen LogP contribution in [-0.2, 0) is 16.0 Å². The van der Waals surface area contributed by atoms with Gasteiger partial charge in [-0.1, -0.05) is 24.3 Å². The van der Waals surface area contributed by atoms with Gasteiger partial charge in [-0.25, -0.2) is 9.97 Å². The molecule has 0 atom stereocenters. The maximum atomic E-state index is 12.6. The lowest BCUT2D eigenvalue weighted by atomic mass is 10.1. The molecule has 0 fully saturated rings. The first-order valence-electron chi connectivity index (χ1n) is 12.1. The Morgan fingerprint density at radius 2 is 1.55 bits per heavy atom. The molecule has 1 amide bonds. The molecule has 38 heavy (non-hydrogen) atoms. The highest BCUT2D eigenvalue weighted by molar-refractivity contribution is 6.05. The van der Waals surface area contributed by atoms with Crippen LogP contribution in [0.5, 0.6) is 11.5 Å². The zero-order chi connectivity index (χ0) is 26.7. The smallest absolute Gasteiger partial charge is 0.255 e. The third-order valence-corrected chi connectivity index (χ3v) is 5.68. The van der Waals surface area contributed by atoms with E-state index in [0.717, 1.165) is 10.9 Å². The highest BCUT2D eigenvalue weighted by Crippen LogP contribution is 2.34. The van der Waals surface area contributed by atoms with Crippen molar-refractivity contribution in [2.75, 3.05) is 57.0 Å². The second-order valence-electron chi connectivity index (χ2n) is 8.31. The number of carbonyl (C=O) groups is 1. The van der Waals surface area contributed by atoms with Gasteiger partial charge in [-0.3, -0.25) is 4.79 Å². The summed E-state index contributed by atoms with van der Waals surface area (Å²) in [6.45, 7) is 2.14. The van der Waals surface area contributed by atoms with E-state index in [0.29, 0.717) is 72.7 Å². The predicted molar refractivity (Wildman–Crippen MR) is 147 cm³/mol. The Balaban J connectivity index is 1.47. The zero-order valence-electron chi connectivity index (χ0n) is 21.4. The van der Waals surface area contributed by atoms with Gasteiger partial charge in [-0.15, -0.1) is 0 Å². The van der Waals surface area contributed by atoms with E-state index >= 15 is 0 Å². The van der Waals surface area contributed by atoms with Gasteiger partial charge in [0.1, 0.15) is 25.4 Å². The van der Waals surface area contributed by atoms with E-state index in [2.05, 4.69) is 20.6 Å². The minimum atomic E-state index is -0.228. The zero-order valence-corrected chi connectivity index (χ0v) is 21.4. The van der Waals surface area contributed by atoms with Crippen molar-refractivity contribution in [1.29, 1.82) is 0 Å². The number of nitrogens with zero attached hydrogens (tertiary/aromatic N) is 2. The molecule has 1 heterocycles. The van der Waals surface area contributed by atoms with Crippen LogP contribution in [0.4, 0.5) is 17.2 Å². The van der Waals surface area contributed by atoms with Gasteiger partial charge in [0.05, 0.1) is 30.1 Å². The van der Waals surface area contributed by atoms with Crippen molar-refractivity contribution in [2.45, 2.75) is 6.54 Å². The summed E-state index contributed by atoms with van der Waals surface area (Å²) < 4.78 is 21.9. The first-order chi connectivity index (χ1) is 18.6. The number of ether oxygens (including phenoxy) is 4. The van der Waals surface area contributed by atoms with Crippen LogP contribution in [0.25, 0.3) is 10.9 Å². The van der Waals surface area contributed by atoms with E-state index in [9.17, 15) is 4.79 Å². The molecular formula is C28H31N5O5. The van der Waals surface area contributed by atoms with Crippen LogP contribution in [-0.4, -0.2) is 56.5 Å². The summed E-state index contributed by atoms with van der Waals surface area (Å²) in [5, 5.41) is 6.98. The summed E-state index contributed by atoms with van der Waals surface area (Å²) in [5.74, 6) is 1.56. The summed E-state index contributed by atoms with van der Waals surface area (Å²) in [4.78, 5) is 21.4. The van der Waals surface area contributed by atoms with Crippen molar-refractivity contribution in [1.82, 2.24) is 9.97 Å². The molecule has 10 heteroatoms. The number of fused-ring (bicyclic) bond motifs is 1. The van der Waals surface area contributed by atoms with Crippen molar-refractivity contribution in [3.8, 4) is 11.5 Å². The van der Waals surface area contributed by atoms with E-state index in [1.165, 1.54) is 6.33 Å². The topological polar surface area (TPSA) is 130 Å². The number of nitrogen functional groups attached to an aromatic ring is 1. The number of anilines is 3. The lowest BCUT2D eigenvalue weighted by molar-refractivity contribution is 0.102.